The summed E-state index contributed by atoms with van der Waals surface area (Å²) in [4.78, 5) is 9.20. The first-order chi connectivity index (χ1) is 8.85. The second-order valence-electron chi connectivity index (χ2n) is 5.51. The van der Waals surface area contributed by atoms with Gasteiger partial charge in [0.25, 0.3) is 0 Å². The Hall–Kier alpha value is -1.32. The summed E-state index contributed by atoms with van der Waals surface area (Å²) >= 11 is 0. The third-order valence-electron chi connectivity index (χ3n) is 3.94. The zero-order valence-corrected chi connectivity index (χ0v) is 11.1. The average Bonchev–Trinajstić information content (AvgIpc) is 3.24. The van der Waals surface area contributed by atoms with Gasteiger partial charge in [0.15, 0.2) is 0 Å². The normalized spacial score (nSPS) is 20.7. The summed E-state index contributed by atoms with van der Waals surface area (Å²) < 4.78 is 0. The minimum absolute atomic E-state index is 0.568. The van der Waals surface area contributed by atoms with Crippen LogP contribution >= 0.6 is 0 Å². The van der Waals surface area contributed by atoms with Crippen LogP contribution in [0, 0.1) is 0 Å². The summed E-state index contributed by atoms with van der Waals surface area (Å²) in [6.07, 6.45) is 9.12. The van der Waals surface area contributed by atoms with Gasteiger partial charge in [-0.25, -0.2) is 4.98 Å². The largest absolute Gasteiger partial charge is 0.373 e. The number of anilines is 2. The monoisotopic (exact) mass is 246 g/mol. The van der Waals surface area contributed by atoms with E-state index in [0.717, 1.165) is 11.8 Å². The molecule has 2 aliphatic rings. The molecule has 0 atom stereocenters. The zero-order chi connectivity index (χ0) is 12.4. The Kier molecular flexibility index (Phi) is 3.35. The lowest BCUT2D eigenvalue weighted by atomic mass is 9.96. The van der Waals surface area contributed by atoms with Crippen LogP contribution in [-0.2, 0) is 0 Å². The first-order valence-electron chi connectivity index (χ1n) is 7.18. The molecule has 0 aromatic carbocycles. The van der Waals surface area contributed by atoms with E-state index in [4.69, 9.17) is 0 Å². The summed E-state index contributed by atoms with van der Waals surface area (Å²) in [6.45, 7) is 0. The fourth-order valence-corrected chi connectivity index (χ4v) is 2.68. The standard InChI is InChI=1S/C14H22N4/c1-15-13-9-12(10-7-8-10)17-14(18-13)16-11-5-3-2-4-6-11/h9-11H,2-8H2,1H3,(H2,15,16,17,18). The molecule has 4 heteroatoms. The topological polar surface area (TPSA) is 49.8 Å². The summed E-state index contributed by atoms with van der Waals surface area (Å²) in [6, 6.07) is 2.65. The van der Waals surface area contributed by atoms with Gasteiger partial charge in [0.05, 0.1) is 5.69 Å². The highest BCUT2D eigenvalue weighted by molar-refractivity contribution is 5.43. The Bertz CT molecular complexity index is 408. The molecule has 0 bridgehead atoms. The Labute approximate surface area is 109 Å². The Balaban J connectivity index is 1.74. The SMILES string of the molecule is CNc1cc(C2CC2)nc(NC2CCCCC2)n1. The smallest absolute Gasteiger partial charge is 0.225 e. The Morgan fingerprint density at radius 3 is 2.50 bits per heavy atom. The molecular weight excluding hydrogens is 224 g/mol. The van der Waals surface area contributed by atoms with Gasteiger partial charge in [0, 0.05) is 25.1 Å². The molecule has 0 radical (unpaired) electrons. The molecule has 4 nitrogen and oxygen atoms in total. The highest BCUT2D eigenvalue weighted by atomic mass is 15.2. The van der Waals surface area contributed by atoms with Gasteiger partial charge in [0.1, 0.15) is 5.82 Å². The maximum Gasteiger partial charge on any atom is 0.225 e. The lowest BCUT2D eigenvalue weighted by molar-refractivity contribution is 0.460. The predicted molar refractivity (Wildman–Crippen MR) is 74.0 cm³/mol. The van der Waals surface area contributed by atoms with Crippen LogP contribution in [0.15, 0.2) is 6.07 Å². The molecule has 2 aliphatic carbocycles. The summed E-state index contributed by atoms with van der Waals surface area (Å²) in [5.74, 6) is 2.42. The highest BCUT2D eigenvalue weighted by Crippen LogP contribution is 2.39. The van der Waals surface area contributed by atoms with Gasteiger partial charge in [-0.15, -0.1) is 0 Å². The molecular formula is C14H22N4. The lowest BCUT2D eigenvalue weighted by Gasteiger charge is -2.23. The van der Waals surface area contributed by atoms with E-state index in [-0.39, 0.29) is 0 Å². The molecule has 3 rings (SSSR count). The van der Waals surface area contributed by atoms with E-state index in [0.29, 0.717) is 12.0 Å². The van der Waals surface area contributed by atoms with Crippen LogP contribution < -0.4 is 10.6 Å². The van der Waals surface area contributed by atoms with Crippen LogP contribution in [0.5, 0.6) is 0 Å². The predicted octanol–water partition coefficient (Wildman–Crippen LogP) is 3.14. The van der Waals surface area contributed by atoms with Gasteiger partial charge in [-0.05, 0) is 25.7 Å². The maximum absolute atomic E-state index is 4.68. The van der Waals surface area contributed by atoms with Gasteiger partial charge in [0.2, 0.25) is 5.95 Å². The van der Waals surface area contributed by atoms with Gasteiger partial charge in [-0.2, -0.15) is 4.98 Å². The highest BCUT2D eigenvalue weighted by Gasteiger charge is 2.26. The van der Waals surface area contributed by atoms with Crippen molar-refractivity contribution in [3.63, 3.8) is 0 Å². The molecule has 98 valence electrons. The van der Waals surface area contributed by atoms with Crippen LogP contribution in [0.25, 0.3) is 0 Å². The summed E-state index contributed by atoms with van der Waals surface area (Å²) in [5.41, 5.74) is 1.20. The third-order valence-corrected chi connectivity index (χ3v) is 3.94. The molecule has 0 amide bonds. The first kappa shape index (κ1) is 11.8. The minimum atomic E-state index is 0.568. The molecule has 2 fully saturated rings. The molecule has 0 aliphatic heterocycles. The van der Waals surface area contributed by atoms with Crippen molar-refractivity contribution in [1.29, 1.82) is 0 Å². The van der Waals surface area contributed by atoms with Crippen LogP contribution in [0.4, 0.5) is 11.8 Å². The van der Waals surface area contributed by atoms with Crippen molar-refractivity contribution in [2.24, 2.45) is 0 Å². The number of nitrogens with zero attached hydrogens (tertiary/aromatic N) is 2. The van der Waals surface area contributed by atoms with E-state index in [1.165, 1.54) is 50.6 Å². The van der Waals surface area contributed by atoms with E-state index in [9.17, 15) is 0 Å². The van der Waals surface area contributed by atoms with Crippen LogP contribution in [0.3, 0.4) is 0 Å². The van der Waals surface area contributed by atoms with Crippen LogP contribution in [-0.4, -0.2) is 23.1 Å². The second kappa shape index (κ2) is 5.12. The van der Waals surface area contributed by atoms with Crippen molar-refractivity contribution in [2.75, 3.05) is 17.7 Å². The Morgan fingerprint density at radius 2 is 1.83 bits per heavy atom. The molecule has 0 spiro atoms. The quantitative estimate of drug-likeness (QED) is 0.857. The van der Waals surface area contributed by atoms with Gasteiger partial charge < -0.3 is 10.6 Å². The van der Waals surface area contributed by atoms with Crippen molar-refractivity contribution in [1.82, 2.24) is 9.97 Å². The van der Waals surface area contributed by atoms with E-state index in [1.54, 1.807) is 0 Å². The van der Waals surface area contributed by atoms with Crippen molar-refractivity contribution in [3.05, 3.63) is 11.8 Å². The number of nitrogens with one attached hydrogen (secondary N) is 2. The van der Waals surface area contributed by atoms with Crippen molar-refractivity contribution in [3.8, 4) is 0 Å². The molecule has 0 saturated heterocycles. The number of aromatic nitrogens is 2. The molecule has 2 saturated carbocycles. The second-order valence-corrected chi connectivity index (χ2v) is 5.51. The van der Waals surface area contributed by atoms with Gasteiger partial charge in [-0.3, -0.25) is 0 Å². The fourth-order valence-electron chi connectivity index (χ4n) is 2.68. The van der Waals surface area contributed by atoms with E-state index >= 15 is 0 Å². The van der Waals surface area contributed by atoms with Crippen molar-refractivity contribution < 1.29 is 0 Å². The van der Waals surface area contributed by atoms with E-state index in [1.807, 2.05) is 7.05 Å². The van der Waals surface area contributed by atoms with Gasteiger partial charge >= 0.3 is 0 Å². The number of rotatable bonds is 4. The summed E-state index contributed by atoms with van der Waals surface area (Å²) in [7, 11) is 1.92. The Morgan fingerprint density at radius 1 is 1.06 bits per heavy atom. The van der Waals surface area contributed by atoms with Crippen LogP contribution in [0.2, 0.25) is 0 Å². The fraction of sp³-hybridized carbons (Fsp3) is 0.714. The summed E-state index contributed by atoms with van der Waals surface area (Å²) in [5, 5.41) is 6.65. The third kappa shape index (κ3) is 2.74. The number of hydrogen-bond acceptors (Lipinski definition) is 4. The first-order valence-corrected chi connectivity index (χ1v) is 7.18. The molecule has 1 aromatic rings. The van der Waals surface area contributed by atoms with E-state index in [2.05, 4.69) is 26.7 Å². The molecule has 0 unspecified atom stereocenters. The van der Waals surface area contributed by atoms with Crippen LogP contribution in [0.1, 0.15) is 56.6 Å². The molecule has 1 heterocycles. The maximum atomic E-state index is 4.68. The average molecular weight is 246 g/mol. The lowest BCUT2D eigenvalue weighted by Crippen LogP contribution is -2.23. The molecule has 1 aromatic heterocycles. The number of hydrogen-bond donors (Lipinski definition) is 2. The minimum Gasteiger partial charge on any atom is -0.373 e. The van der Waals surface area contributed by atoms with Crippen molar-refractivity contribution >= 4 is 11.8 Å². The zero-order valence-electron chi connectivity index (χ0n) is 11.1. The molecule has 18 heavy (non-hydrogen) atoms. The molecule has 2 N–H and O–H groups in total. The van der Waals surface area contributed by atoms with E-state index < -0.39 is 0 Å². The van der Waals surface area contributed by atoms with Gasteiger partial charge in [-0.1, -0.05) is 19.3 Å². The van der Waals surface area contributed by atoms with Crippen molar-refractivity contribution in [2.45, 2.75) is 56.9 Å².